The van der Waals surface area contributed by atoms with Crippen molar-refractivity contribution >= 4 is 51.0 Å². The molecule has 10 heteroatoms. The van der Waals surface area contributed by atoms with Crippen LogP contribution in [0, 0.1) is 0 Å². The number of nitrogens with one attached hydrogen (secondary N) is 4. The normalized spacial score (nSPS) is 9.93. The topological polar surface area (TPSA) is 109 Å². The van der Waals surface area contributed by atoms with Crippen LogP contribution in [0.15, 0.2) is 53.0 Å². The molecule has 0 radical (unpaired) electrons. The highest BCUT2D eigenvalue weighted by Crippen LogP contribution is 2.22. The van der Waals surface area contributed by atoms with Crippen molar-refractivity contribution in [2.45, 2.75) is 19.4 Å². The molecule has 0 atom stereocenters. The Morgan fingerprint density at radius 2 is 1.70 bits per heavy atom. The number of hydrogen-bond acceptors (Lipinski definition) is 5. The molecule has 2 aromatic carbocycles. The van der Waals surface area contributed by atoms with Crippen LogP contribution in [0.25, 0.3) is 0 Å². The summed E-state index contributed by atoms with van der Waals surface area (Å²) in [5.41, 5.74) is 6.02. The summed E-state index contributed by atoms with van der Waals surface area (Å²) in [5.74, 6) is -0.808. The third kappa shape index (κ3) is 7.80. The maximum absolute atomic E-state index is 12.3. The molecule has 158 valence electrons. The molecule has 0 aromatic heterocycles. The van der Waals surface area contributed by atoms with E-state index in [1.807, 2.05) is 30.3 Å². The molecule has 0 saturated carbocycles. The third-order valence-corrected chi connectivity index (χ3v) is 4.56. The molecular formula is C20H21BrN4O4S. The Balaban J connectivity index is 1.70. The van der Waals surface area contributed by atoms with E-state index in [1.54, 1.807) is 18.2 Å². The molecule has 8 nitrogen and oxygen atoms in total. The highest BCUT2D eigenvalue weighted by Gasteiger charge is 2.14. The fourth-order valence-electron chi connectivity index (χ4n) is 2.36. The van der Waals surface area contributed by atoms with E-state index in [1.165, 1.54) is 7.11 Å². The van der Waals surface area contributed by atoms with Crippen LogP contribution < -0.4 is 26.2 Å². The van der Waals surface area contributed by atoms with Crippen LogP contribution in [0.5, 0.6) is 5.75 Å². The lowest BCUT2D eigenvalue weighted by Gasteiger charge is -2.12. The van der Waals surface area contributed by atoms with E-state index < -0.39 is 11.8 Å². The van der Waals surface area contributed by atoms with Crippen molar-refractivity contribution in [2.75, 3.05) is 7.11 Å². The van der Waals surface area contributed by atoms with Gasteiger partial charge in [0, 0.05) is 23.9 Å². The van der Waals surface area contributed by atoms with Gasteiger partial charge in [0.2, 0.25) is 11.8 Å². The Labute approximate surface area is 187 Å². The van der Waals surface area contributed by atoms with Gasteiger partial charge in [-0.25, -0.2) is 0 Å². The standard InChI is InChI=1S/C20H21BrN4O4S/c1-29-16-8-7-14(21)11-15(16)19(28)23-20(30)25-24-18(27)10-9-17(26)22-12-13-5-3-2-4-6-13/h2-8,11H,9-10,12H2,1H3,(H,22,26)(H,24,27)(H2,23,25,28,30). The quantitative estimate of drug-likeness (QED) is 0.348. The molecule has 0 aliphatic rings. The first kappa shape index (κ1) is 23.3. The van der Waals surface area contributed by atoms with Crippen molar-refractivity contribution in [1.29, 1.82) is 0 Å². The molecule has 3 amide bonds. The van der Waals surface area contributed by atoms with Crippen molar-refractivity contribution in [2.24, 2.45) is 0 Å². The molecule has 0 heterocycles. The van der Waals surface area contributed by atoms with Crippen molar-refractivity contribution in [1.82, 2.24) is 21.5 Å². The van der Waals surface area contributed by atoms with Crippen LogP contribution in [0.1, 0.15) is 28.8 Å². The lowest BCUT2D eigenvalue weighted by molar-refractivity contribution is -0.126. The second kappa shape index (κ2) is 11.9. The predicted molar refractivity (Wildman–Crippen MR) is 120 cm³/mol. The fraction of sp³-hybridized carbons (Fsp3) is 0.200. The van der Waals surface area contributed by atoms with Gasteiger partial charge in [-0.3, -0.25) is 30.6 Å². The average molecular weight is 493 g/mol. The number of carbonyl (C=O) groups is 3. The molecule has 0 fully saturated rings. The second-order valence-electron chi connectivity index (χ2n) is 6.06. The largest absolute Gasteiger partial charge is 0.496 e. The number of hydrogen-bond donors (Lipinski definition) is 4. The van der Waals surface area contributed by atoms with Crippen LogP contribution in [0.2, 0.25) is 0 Å². The van der Waals surface area contributed by atoms with Crippen LogP contribution >= 0.6 is 28.1 Å². The van der Waals surface area contributed by atoms with Gasteiger partial charge in [0.25, 0.3) is 5.91 Å². The van der Waals surface area contributed by atoms with Crippen molar-refractivity contribution in [3.8, 4) is 5.75 Å². The van der Waals surface area contributed by atoms with Crippen LogP contribution in [-0.4, -0.2) is 29.9 Å². The van der Waals surface area contributed by atoms with Crippen LogP contribution in [0.4, 0.5) is 0 Å². The van der Waals surface area contributed by atoms with Gasteiger partial charge in [-0.05, 0) is 36.0 Å². The minimum atomic E-state index is -0.500. The number of ether oxygens (including phenoxy) is 1. The fourth-order valence-corrected chi connectivity index (χ4v) is 2.87. The van der Waals surface area contributed by atoms with E-state index in [9.17, 15) is 14.4 Å². The first-order valence-electron chi connectivity index (χ1n) is 8.93. The second-order valence-corrected chi connectivity index (χ2v) is 7.39. The summed E-state index contributed by atoms with van der Waals surface area (Å²) in [6.07, 6.45) is -0.0155. The number of benzene rings is 2. The summed E-state index contributed by atoms with van der Waals surface area (Å²) in [6, 6.07) is 14.4. The van der Waals surface area contributed by atoms with Gasteiger partial charge >= 0.3 is 0 Å². The number of hydrazine groups is 1. The van der Waals surface area contributed by atoms with Gasteiger partial charge < -0.3 is 10.1 Å². The smallest absolute Gasteiger partial charge is 0.261 e. The molecule has 0 saturated heterocycles. The lowest BCUT2D eigenvalue weighted by atomic mass is 10.2. The first-order valence-corrected chi connectivity index (χ1v) is 10.1. The summed E-state index contributed by atoms with van der Waals surface area (Å²) in [6.45, 7) is 0.398. The van der Waals surface area contributed by atoms with Gasteiger partial charge in [-0.2, -0.15) is 0 Å². The molecule has 2 aromatic rings. The highest BCUT2D eigenvalue weighted by molar-refractivity contribution is 9.10. The monoisotopic (exact) mass is 492 g/mol. The Morgan fingerprint density at radius 3 is 2.40 bits per heavy atom. The molecule has 0 aliphatic heterocycles. The van der Waals surface area contributed by atoms with Gasteiger partial charge in [0.15, 0.2) is 5.11 Å². The minimum Gasteiger partial charge on any atom is -0.496 e. The molecule has 0 unspecified atom stereocenters. The molecule has 0 spiro atoms. The third-order valence-electron chi connectivity index (χ3n) is 3.86. The van der Waals surface area contributed by atoms with Crippen LogP contribution in [0.3, 0.4) is 0 Å². The Kier molecular flexibility index (Phi) is 9.23. The Morgan fingerprint density at radius 1 is 1.00 bits per heavy atom. The van der Waals surface area contributed by atoms with Gasteiger partial charge in [0.1, 0.15) is 5.75 Å². The highest BCUT2D eigenvalue weighted by atomic mass is 79.9. The van der Waals surface area contributed by atoms with Gasteiger partial charge in [-0.15, -0.1) is 0 Å². The summed E-state index contributed by atoms with van der Waals surface area (Å²) in [7, 11) is 1.45. The van der Waals surface area contributed by atoms with E-state index in [2.05, 4.69) is 37.4 Å². The zero-order chi connectivity index (χ0) is 21.9. The maximum atomic E-state index is 12.3. The molecule has 0 aliphatic carbocycles. The zero-order valence-corrected chi connectivity index (χ0v) is 18.6. The summed E-state index contributed by atoms with van der Waals surface area (Å²) >= 11 is 8.29. The minimum absolute atomic E-state index is 0.0225. The number of amides is 3. The number of halogens is 1. The zero-order valence-electron chi connectivity index (χ0n) is 16.2. The van der Waals surface area contributed by atoms with E-state index in [0.29, 0.717) is 16.8 Å². The van der Waals surface area contributed by atoms with Crippen LogP contribution in [-0.2, 0) is 16.1 Å². The maximum Gasteiger partial charge on any atom is 0.261 e. The van der Waals surface area contributed by atoms with E-state index in [-0.39, 0.29) is 29.4 Å². The molecule has 4 N–H and O–H groups in total. The number of carbonyl (C=O) groups excluding carboxylic acids is 3. The van der Waals surface area contributed by atoms with Gasteiger partial charge in [-0.1, -0.05) is 46.3 Å². The van der Waals surface area contributed by atoms with E-state index in [4.69, 9.17) is 17.0 Å². The summed E-state index contributed by atoms with van der Waals surface area (Å²) in [4.78, 5) is 36.0. The van der Waals surface area contributed by atoms with Crippen molar-refractivity contribution in [3.05, 3.63) is 64.1 Å². The van der Waals surface area contributed by atoms with E-state index in [0.717, 1.165) is 5.56 Å². The SMILES string of the molecule is COc1ccc(Br)cc1C(=O)NC(=S)NNC(=O)CCC(=O)NCc1ccccc1. The van der Waals surface area contributed by atoms with E-state index >= 15 is 0 Å². The molecule has 30 heavy (non-hydrogen) atoms. The van der Waals surface area contributed by atoms with Gasteiger partial charge in [0.05, 0.1) is 12.7 Å². The molecular weight excluding hydrogens is 472 g/mol. The number of rotatable bonds is 7. The average Bonchev–Trinajstić information content (AvgIpc) is 2.75. The predicted octanol–water partition coefficient (Wildman–Crippen LogP) is 2.19. The summed E-state index contributed by atoms with van der Waals surface area (Å²) in [5, 5.41) is 5.09. The first-order chi connectivity index (χ1) is 14.4. The number of methoxy groups -OCH3 is 1. The Hall–Kier alpha value is -2.98. The molecule has 0 bridgehead atoms. The van der Waals surface area contributed by atoms with Crippen molar-refractivity contribution in [3.63, 3.8) is 0 Å². The summed E-state index contributed by atoms with van der Waals surface area (Å²) < 4.78 is 5.85. The van der Waals surface area contributed by atoms with Crippen molar-refractivity contribution < 1.29 is 19.1 Å². The lowest BCUT2D eigenvalue weighted by Crippen LogP contribution is -2.48. The molecule has 2 rings (SSSR count). The number of thiocarbonyl (C=S) groups is 1. The Bertz CT molecular complexity index is 924.